The Morgan fingerprint density at radius 1 is 1.45 bits per heavy atom. The first kappa shape index (κ1) is 15.5. The molecule has 2 N–H and O–H groups in total. The normalized spacial score (nSPS) is 20.4. The lowest BCUT2D eigenvalue weighted by molar-refractivity contribution is -0.126. The number of carbonyl (C=O) groups excluding carboxylic acids is 1. The molecule has 2 unspecified atom stereocenters. The molecule has 110 valence electrons. The molecule has 0 bridgehead atoms. The number of benzene rings is 1. The number of carbonyl (C=O) groups is 1. The van der Waals surface area contributed by atoms with Crippen LogP contribution in [-0.4, -0.2) is 25.0 Å². The van der Waals surface area contributed by atoms with Gasteiger partial charge in [-0.1, -0.05) is 28.1 Å². The highest BCUT2D eigenvalue weighted by molar-refractivity contribution is 9.10. The Bertz CT molecular complexity index is 427. The molecule has 2 atom stereocenters. The van der Waals surface area contributed by atoms with Crippen molar-refractivity contribution in [3.8, 4) is 0 Å². The van der Waals surface area contributed by atoms with E-state index in [4.69, 9.17) is 0 Å². The van der Waals surface area contributed by atoms with Crippen molar-refractivity contribution >= 4 is 21.8 Å². The molecule has 20 heavy (non-hydrogen) atoms. The van der Waals surface area contributed by atoms with Crippen molar-refractivity contribution < 1.29 is 4.79 Å². The fourth-order valence-corrected chi connectivity index (χ4v) is 2.81. The number of nitrogens with one attached hydrogen (secondary N) is 2. The van der Waals surface area contributed by atoms with E-state index < -0.39 is 0 Å². The standard InChI is InChI=1S/C16H23BrN2O/c1-12(4-5-13-6-8-15(17)9-7-13)19-16(20)14-3-2-10-18-11-14/h6-9,12,14,18H,2-5,10-11H2,1H3,(H,19,20). The minimum atomic E-state index is 0.152. The lowest BCUT2D eigenvalue weighted by Crippen LogP contribution is -2.43. The molecule has 2 rings (SSSR count). The molecule has 0 radical (unpaired) electrons. The highest BCUT2D eigenvalue weighted by Crippen LogP contribution is 2.13. The number of rotatable bonds is 5. The predicted octanol–water partition coefficient (Wildman–Crippen LogP) is 2.89. The molecular weight excluding hydrogens is 316 g/mol. The first-order valence-electron chi connectivity index (χ1n) is 7.40. The summed E-state index contributed by atoms with van der Waals surface area (Å²) in [7, 11) is 0. The Kier molecular flexibility index (Phi) is 6.05. The summed E-state index contributed by atoms with van der Waals surface area (Å²) in [6.45, 7) is 3.96. The van der Waals surface area contributed by atoms with Crippen LogP contribution in [0, 0.1) is 5.92 Å². The van der Waals surface area contributed by atoms with Gasteiger partial charge in [0, 0.05) is 17.1 Å². The molecule has 4 heteroatoms. The monoisotopic (exact) mass is 338 g/mol. The second kappa shape index (κ2) is 7.79. The van der Waals surface area contributed by atoms with Crippen LogP contribution in [0.2, 0.25) is 0 Å². The molecule has 1 aliphatic rings. The van der Waals surface area contributed by atoms with Crippen LogP contribution in [-0.2, 0) is 11.2 Å². The zero-order chi connectivity index (χ0) is 14.4. The smallest absolute Gasteiger partial charge is 0.224 e. The van der Waals surface area contributed by atoms with Crippen LogP contribution in [0.1, 0.15) is 31.7 Å². The van der Waals surface area contributed by atoms with Gasteiger partial charge in [0.05, 0.1) is 5.92 Å². The Hall–Kier alpha value is -0.870. The van der Waals surface area contributed by atoms with Crippen LogP contribution in [0.5, 0.6) is 0 Å². The Morgan fingerprint density at radius 2 is 2.20 bits per heavy atom. The van der Waals surface area contributed by atoms with Gasteiger partial charge in [-0.3, -0.25) is 4.79 Å². The largest absolute Gasteiger partial charge is 0.353 e. The number of hydrogen-bond donors (Lipinski definition) is 2. The first-order valence-corrected chi connectivity index (χ1v) is 8.20. The van der Waals surface area contributed by atoms with Crippen LogP contribution >= 0.6 is 15.9 Å². The number of halogens is 1. The molecule has 0 aromatic heterocycles. The van der Waals surface area contributed by atoms with E-state index in [9.17, 15) is 4.79 Å². The van der Waals surface area contributed by atoms with Crippen molar-refractivity contribution in [3.63, 3.8) is 0 Å². The fraction of sp³-hybridized carbons (Fsp3) is 0.562. The maximum absolute atomic E-state index is 12.1. The van der Waals surface area contributed by atoms with Gasteiger partial charge in [0.2, 0.25) is 5.91 Å². The zero-order valence-electron chi connectivity index (χ0n) is 12.0. The van der Waals surface area contributed by atoms with Crippen molar-refractivity contribution in [1.82, 2.24) is 10.6 Å². The van der Waals surface area contributed by atoms with Crippen LogP contribution < -0.4 is 10.6 Å². The molecule has 1 saturated heterocycles. The second-order valence-electron chi connectivity index (χ2n) is 5.62. The van der Waals surface area contributed by atoms with E-state index in [1.165, 1.54) is 5.56 Å². The number of amides is 1. The molecule has 0 spiro atoms. The van der Waals surface area contributed by atoms with Gasteiger partial charge in [-0.15, -0.1) is 0 Å². The van der Waals surface area contributed by atoms with Crippen LogP contribution in [0.4, 0.5) is 0 Å². The summed E-state index contributed by atoms with van der Waals surface area (Å²) in [5.41, 5.74) is 1.31. The highest BCUT2D eigenvalue weighted by Gasteiger charge is 2.21. The molecule has 1 heterocycles. The van der Waals surface area contributed by atoms with E-state index in [2.05, 4.69) is 57.8 Å². The van der Waals surface area contributed by atoms with Crippen molar-refractivity contribution in [1.29, 1.82) is 0 Å². The van der Waals surface area contributed by atoms with E-state index in [1.807, 2.05) is 0 Å². The minimum absolute atomic E-state index is 0.152. The topological polar surface area (TPSA) is 41.1 Å². The van der Waals surface area contributed by atoms with Crippen molar-refractivity contribution in [2.24, 2.45) is 5.92 Å². The summed E-state index contributed by atoms with van der Waals surface area (Å²) in [6, 6.07) is 8.61. The molecule has 1 aliphatic heterocycles. The third kappa shape index (κ3) is 4.91. The van der Waals surface area contributed by atoms with Crippen LogP contribution in [0.3, 0.4) is 0 Å². The third-order valence-corrected chi connectivity index (χ3v) is 4.36. The number of hydrogen-bond acceptors (Lipinski definition) is 2. The molecule has 0 saturated carbocycles. The fourth-order valence-electron chi connectivity index (χ4n) is 2.54. The number of aryl methyl sites for hydroxylation is 1. The van der Waals surface area contributed by atoms with Crippen LogP contribution in [0.15, 0.2) is 28.7 Å². The number of piperidine rings is 1. The van der Waals surface area contributed by atoms with E-state index in [1.54, 1.807) is 0 Å². The molecule has 1 amide bonds. The van der Waals surface area contributed by atoms with Gasteiger partial charge in [-0.05, 0) is 56.8 Å². The van der Waals surface area contributed by atoms with Crippen molar-refractivity contribution in [2.45, 2.75) is 38.6 Å². The van der Waals surface area contributed by atoms with E-state index >= 15 is 0 Å². The van der Waals surface area contributed by atoms with Crippen LogP contribution in [0.25, 0.3) is 0 Å². The Balaban J connectivity index is 1.73. The summed E-state index contributed by atoms with van der Waals surface area (Å²) in [5, 5.41) is 6.43. The van der Waals surface area contributed by atoms with Crippen molar-refractivity contribution in [2.75, 3.05) is 13.1 Å². The molecular formula is C16H23BrN2O. The summed E-state index contributed by atoms with van der Waals surface area (Å²) in [4.78, 5) is 12.1. The minimum Gasteiger partial charge on any atom is -0.353 e. The Morgan fingerprint density at radius 3 is 2.85 bits per heavy atom. The lowest BCUT2D eigenvalue weighted by Gasteiger charge is -2.24. The predicted molar refractivity (Wildman–Crippen MR) is 85.7 cm³/mol. The lowest BCUT2D eigenvalue weighted by atomic mass is 9.98. The zero-order valence-corrected chi connectivity index (χ0v) is 13.6. The molecule has 1 aromatic carbocycles. The van der Waals surface area contributed by atoms with Gasteiger partial charge in [-0.25, -0.2) is 0 Å². The highest BCUT2D eigenvalue weighted by atomic mass is 79.9. The maximum Gasteiger partial charge on any atom is 0.224 e. The summed E-state index contributed by atoms with van der Waals surface area (Å²) < 4.78 is 1.10. The van der Waals surface area contributed by atoms with Crippen molar-refractivity contribution in [3.05, 3.63) is 34.3 Å². The first-order chi connectivity index (χ1) is 9.65. The summed E-state index contributed by atoms with van der Waals surface area (Å²) in [6.07, 6.45) is 4.09. The summed E-state index contributed by atoms with van der Waals surface area (Å²) >= 11 is 3.44. The third-order valence-electron chi connectivity index (χ3n) is 3.84. The van der Waals surface area contributed by atoms with Gasteiger partial charge in [-0.2, -0.15) is 0 Å². The van der Waals surface area contributed by atoms with E-state index in [0.717, 1.165) is 43.2 Å². The molecule has 3 nitrogen and oxygen atoms in total. The average Bonchev–Trinajstić information content (AvgIpc) is 2.47. The second-order valence-corrected chi connectivity index (χ2v) is 6.53. The van der Waals surface area contributed by atoms with E-state index in [0.29, 0.717) is 0 Å². The Labute approximate surface area is 129 Å². The SMILES string of the molecule is CC(CCc1ccc(Br)cc1)NC(=O)C1CCCNC1. The van der Waals surface area contributed by atoms with Gasteiger partial charge >= 0.3 is 0 Å². The quantitative estimate of drug-likeness (QED) is 0.866. The average molecular weight is 339 g/mol. The van der Waals surface area contributed by atoms with Gasteiger partial charge in [0.1, 0.15) is 0 Å². The van der Waals surface area contributed by atoms with E-state index in [-0.39, 0.29) is 17.9 Å². The van der Waals surface area contributed by atoms with Gasteiger partial charge < -0.3 is 10.6 Å². The molecule has 1 fully saturated rings. The summed E-state index contributed by atoms with van der Waals surface area (Å²) in [5.74, 6) is 0.361. The molecule has 1 aromatic rings. The van der Waals surface area contributed by atoms with Gasteiger partial charge in [0.25, 0.3) is 0 Å². The maximum atomic E-state index is 12.1. The van der Waals surface area contributed by atoms with Gasteiger partial charge in [0.15, 0.2) is 0 Å². The molecule has 0 aliphatic carbocycles.